The van der Waals surface area contributed by atoms with Gasteiger partial charge in [-0.05, 0) is 26.0 Å². The molecular formula is C16H19N5. The zero-order chi connectivity index (χ0) is 14.7. The van der Waals surface area contributed by atoms with E-state index in [0.717, 1.165) is 35.9 Å². The first-order valence-corrected chi connectivity index (χ1v) is 7.30. The van der Waals surface area contributed by atoms with Crippen LogP contribution in [0, 0.1) is 0 Å². The molecule has 2 aromatic heterocycles. The Morgan fingerprint density at radius 3 is 2.81 bits per heavy atom. The number of aryl methyl sites for hydroxylation is 1. The van der Waals surface area contributed by atoms with E-state index >= 15 is 0 Å². The van der Waals surface area contributed by atoms with Crippen LogP contribution in [0.3, 0.4) is 0 Å². The third-order valence-electron chi connectivity index (χ3n) is 3.47. The molecule has 21 heavy (non-hydrogen) atoms. The second-order valence-corrected chi connectivity index (χ2v) is 4.86. The van der Waals surface area contributed by atoms with E-state index in [0.29, 0.717) is 6.42 Å². The van der Waals surface area contributed by atoms with E-state index in [1.807, 2.05) is 18.2 Å². The van der Waals surface area contributed by atoms with Crippen molar-refractivity contribution in [2.75, 3.05) is 11.9 Å². The van der Waals surface area contributed by atoms with E-state index in [1.54, 1.807) is 6.33 Å². The molecule has 0 spiro atoms. The van der Waals surface area contributed by atoms with Crippen LogP contribution in [-0.2, 0) is 13.0 Å². The minimum Gasteiger partial charge on any atom is -0.370 e. The molecule has 3 aromatic rings. The third-order valence-corrected chi connectivity index (χ3v) is 3.47. The number of hydrogen-bond donors (Lipinski definition) is 1. The lowest BCUT2D eigenvalue weighted by Crippen LogP contribution is -2.05. The summed E-state index contributed by atoms with van der Waals surface area (Å²) in [6, 6.07) is 10.2. The highest BCUT2D eigenvalue weighted by atomic mass is 15.1. The van der Waals surface area contributed by atoms with Crippen LogP contribution >= 0.6 is 0 Å². The van der Waals surface area contributed by atoms with Crippen molar-refractivity contribution in [3.05, 3.63) is 48.2 Å². The molecule has 0 atom stereocenters. The number of benzene rings is 1. The van der Waals surface area contributed by atoms with E-state index in [1.165, 1.54) is 5.52 Å². The van der Waals surface area contributed by atoms with E-state index in [2.05, 4.69) is 45.8 Å². The normalized spacial score (nSPS) is 11.0. The van der Waals surface area contributed by atoms with Gasteiger partial charge >= 0.3 is 0 Å². The number of rotatable bonds is 5. The molecule has 0 radical (unpaired) electrons. The molecule has 0 bridgehead atoms. The Balaban J connectivity index is 1.96. The molecule has 3 rings (SSSR count). The maximum absolute atomic E-state index is 4.74. The molecule has 0 unspecified atom stereocenters. The molecule has 2 heterocycles. The maximum Gasteiger partial charge on any atom is 0.129 e. The van der Waals surface area contributed by atoms with Gasteiger partial charge in [-0.25, -0.2) is 15.0 Å². The van der Waals surface area contributed by atoms with Crippen molar-refractivity contribution in [1.29, 1.82) is 0 Å². The fourth-order valence-corrected chi connectivity index (χ4v) is 2.55. The van der Waals surface area contributed by atoms with Crippen molar-refractivity contribution < 1.29 is 0 Å². The molecule has 5 nitrogen and oxygen atoms in total. The van der Waals surface area contributed by atoms with Crippen LogP contribution in [0.1, 0.15) is 25.4 Å². The first-order valence-electron chi connectivity index (χ1n) is 7.30. The molecule has 0 aliphatic rings. The van der Waals surface area contributed by atoms with Gasteiger partial charge < -0.3 is 9.88 Å². The molecule has 0 fully saturated rings. The minimum atomic E-state index is 0.712. The van der Waals surface area contributed by atoms with Crippen LogP contribution in [0.4, 0.5) is 5.82 Å². The third kappa shape index (κ3) is 2.72. The Labute approximate surface area is 124 Å². The summed E-state index contributed by atoms with van der Waals surface area (Å²) in [4.78, 5) is 13.3. The first kappa shape index (κ1) is 13.5. The zero-order valence-electron chi connectivity index (χ0n) is 12.4. The second kappa shape index (κ2) is 5.91. The summed E-state index contributed by atoms with van der Waals surface area (Å²) in [6.07, 6.45) is 2.32. The molecule has 0 amide bonds. The molecule has 0 saturated carbocycles. The number of fused-ring (bicyclic) bond motifs is 1. The van der Waals surface area contributed by atoms with E-state index < -0.39 is 0 Å². The van der Waals surface area contributed by atoms with Crippen LogP contribution in [-0.4, -0.2) is 26.1 Å². The minimum absolute atomic E-state index is 0.712. The average Bonchev–Trinajstić information content (AvgIpc) is 2.85. The fraction of sp³-hybridized carbons (Fsp3) is 0.312. The van der Waals surface area contributed by atoms with Crippen LogP contribution in [0.25, 0.3) is 11.0 Å². The van der Waals surface area contributed by atoms with Crippen molar-refractivity contribution in [3.8, 4) is 0 Å². The Kier molecular flexibility index (Phi) is 3.81. The largest absolute Gasteiger partial charge is 0.370 e. The van der Waals surface area contributed by atoms with Gasteiger partial charge in [0.05, 0.1) is 16.7 Å². The van der Waals surface area contributed by atoms with Crippen LogP contribution < -0.4 is 5.32 Å². The van der Waals surface area contributed by atoms with E-state index in [9.17, 15) is 0 Å². The lowest BCUT2D eigenvalue weighted by molar-refractivity contribution is 0.728. The Morgan fingerprint density at radius 2 is 2.00 bits per heavy atom. The van der Waals surface area contributed by atoms with Crippen molar-refractivity contribution in [1.82, 2.24) is 19.5 Å². The highest BCUT2D eigenvalue weighted by Crippen LogP contribution is 2.18. The lowest BCUT2D eigenvalue weighted by atomic mass is 10.2. The van der Waals surface area contributed by atoms with Gasteiger partial charge in [0.25, 0.3) is 0 Å². The highest BCUT2D eigenvalue weighted by Gasteiger charge is 2.10. The Bertz CT molecular complexity index is 747. The van der Waals surface area contributed by atoms with Gasteiger partial charge in [-0.15, -0.1) is 0 Å². The number of aromatic nitrogens is 4. The van der Waals surface area contributed by atoms with E-state index in [-0.39, 0.29) is 0 Å². The smallest absolute Gasteiger partial charge is 0.129 e. The maximum atomic E-state index is 4.74. The molecule has 0 aliphatic heterocycles. The van der Waals surface area contributed by atoms with Gasteiger partial charge in [0.1, 0.15) is 18.0 Å². The molecule has 1 aromatic carbocycles. The fourth-order valence-electron chi connectivity index (χ4n) is 2.55. The summed E-state index contributed by atoms with van der Waals surface area (Å²) in [6.45, 7) is 5.95. The van der Waals surface area contributed by atoms with Gasteiger partial charge in [0, 0.05) is 25.6 Å². The van der Waals surface area contributed by atoms with Crippen LogP contribution in [0.2, 0.25) is 0 Å². The van der Waals surface area contributed by atoms with Crippen molar-refractivity contribution >= 4 is 16.9 Å². The van der Waals surface area contributed by atoms with Crippen LogP contribution in [0.5, 0.6) is 0 Å². The van der Waals surface area contributed by atoms with E-state index in [4.69, 9.17) is 4.98 Å². The van der Waals surface area contributed by atoms with Gasteiger partial charge in [-0.2, -0.15) is 0 Å². The number of imidazole rings is 1. The number of nitrogens with zero attached hydrogens (tertiary/aromatic N) is 4. The molecule has 1 N–H and O–H groups in total. The predicted molar refractivity (Wildman–Crippen MR) is 84.4 cm³/mol. The predicted octanol–water partition coefficient (Wildman–Crippen LogP) is 2.87. The summed E-state index contributed by atoms with van der Waals surface area (Å²) in [5.74, 6) is 1.90. The standard InChI is InChI=1S/C16H19N5/c1-3-17-15-9-12(18-11-19-15)10-16-20-13-7-5-6-8-14(13)21(16)4-2/h5-9,11H,3-4,10H2,1-2H3,(H,17,18,19). The van der Waals surface area contributed by atoms with Gasteiger partial charge in [0.2, 0.25) is 0 Å². The van der Waals surface area contributed by atoms with Crippen molar-refractivity contribution in [2.45, 2.75) is 26.8 Å². The zero-order valence-corrected chi connectivity index (χ0v) is 12.4. The summed E-state index contributed by atoms with van der Waals surface area (Å²) in [5.41, 5.74) is 3.19. The Hall–Kier alpha value is -2.43. The van der Waals surface area contributed by atoms with Crippen LogP contribution in [0.15, 0.2) is 36.7 Å². The number of anilines is 1. The molecule has 108 valence electrons. The number of para-hydroxylation sites is 2. The molecule has 0 saturated heterocycles. The molecular weight excluding hydrogens is 262 g/mol. The van der Waals surface area contributed by atoms with Gasteiger partial charge in [0.15, 0.2) is 0 Å². The number of nitrogens with one attached hydrogen (secondary N) is 1. The van der Waals surface area contributed by atoms with Crippen molar-refractivity contribution in [2.24, 2.45) is 0 Å². The second-order valence-electron chi connectivity index (χ2n) is 4.86. The first-order chi connectivity index (χ1) is 10.3. The SMILES string of the molecule is CCNc1cc(Cc2nc3ccccc3n2CC)ncn1. The van der Waals surface area contributed by atoms with Gasteiger partial charge in [-0.3, -0.25) is 0 Å². The summed E-state index contributed by atoms with van der Waals surface area (Å²) in [7, 11) is 0. The van der Waals surface area contributed by atoms with Gasteiger partial charge in [-0.1, -0.05) is 12.1 Å². The summed E-state index contributed by atoms with van der Waals surface area (Å²) >= 11 is 0. The Morgan fingerprint density at radius 1 is 1.14 bits per heavy atom. The molecule has 0 aliphatic carbocycles. The molecule has 5 heteroatoms. The number of hydrogen-bond acceptors (Lipinski definition) is 4. The quantitative estimate of drug-likeness (QED) is 0.781. The average molecular weight is 281 g/mol. The monoisotopic (exact) mass is 281 g/mol. The summed E-state index contributed by atoms with van der Waals surface area (Å²) < 4.78 is 2.24. The topological polar surface area (TPSA) is 55.6 Å². The lowest BCUT2D eigenvalue weighted by Gasteiger charge is -2.07. The highest BCUT2D eigenvalue weighted by molar-refractivity contribution is 5.75. The van der Waals surface area contributed by atoms with Crippen molar-refractivity contribution in [3.63, 3.8) is 0 Å². The summed E-state index contributed by atoms with van der Waals surface area (Å²) in [5, 5.41) is 3.21.